The summed E-state index contributed by atoms with van der Waals surface area (Å²) in [5.74, 6) is 0.839. The van der Waals surface area contributed by atoms with E-state index in [0.717, 1.165) is 35.6 Å². The van der Waals surface area contributed by atoms with Crippen molar-refractivity contribution in [2.24, 2.45) is 0 Å². The summed E-state index contributed by atoms with van der Waals surface area (Å²) in [5, 5.41) is 10.6. The van der Waals surface area contributed by atoms with Crippen LogP contribution in [0.5, 0.6) is 0 Å². The summed E-state index contributed by atoms with van der Waals surface area (Å²) >= 11 is 6.63. The summed E-state index contributed by atoms with van der Waals surface area (Å²) in [7, 11) is 0. The lowest BCUT2D eigenvalue weighted by atomic mass is 9.99. The molecule has 0 bridgehead atoms. The molecule has 154 valence electrons. The number of rotatable bonds is 5. The van der Waals surface area contributed by atoms with Crippen LogP contribution >= 0.6 is 11.6 Å². The van der Waals surface area contributed by atoms with Gasteiger partial charge in [-0.1, -0.05) is 23.7 Å². The topological polar surface area (TPSA) is 102 Å². The first kappa shape index (κ1) is 20.1. The Bertz CT molecular complexity index is 912. The Balaban J connectivity index is 1.62. The van der Waals surface area contributed by atoms with Gasteiger partial charge >= 0.3 is 0 Å². The SMILES string of the molecule is Cc1cc(N2CCCOC[C@@H]2c2ccc(CC(=O)C3(O)CC3)cc2Cl)nc(N)n1. The molecule has 1 aliphatic heterocycles. The van der Waals surface area contributed by atoms with Gasteiger partial charge in [0, 0.05) is 36.4 Å². The van der Waals surface area contributed by atoms with E-state index in [1.807, 2.05) is 31.2 Å². The summed E-state index contributed by atoms with van der Waals surface area (Å²) in [4.78, 5) is 22.9. The third-order valence-electron chi connectivity index (χ3n) is 5.52. The van der Waals surface area contributed by atoms with Crippen LogP contribution in [0, 0.1) is 6.92 Å². The second-order valence-corrected chi connectivity index (χ2v) is 8.26. The maximum Gasteiger partial charge on any atom is 0.222 e. The number of benzene rings is 1. The third kappa shape index (κ3) is 4.37. The number of aromatic nitrogens is 2. The quantitative estimate of drug-likeness (QED) is 0.772. The van der Waals surface area contributed by atoms with Gasteiger partial charge in [-0.05, 0) is 43.4 Å². The lowest BCUT2D eigenvalue weighted by Crippen LogP contribution is -2.32. The molecule has 2 fully saturated rings. The first-order chi connectivity index (χ1) is 13.9. The molecule has 4 rings (SSSR count). The number of hydrogen-bond donors (Lipinski definition) is 2. The van der Waals surface area contributed by atoms with Gasteiger partial charge in [0.15, 0.2) is 5.78 Å². The second kappa shape index (κ2) is 7.89. The smallest absolute Gasteiger partial charge is 0.222 e. The molecule has 0 unspecified atom stereocenters. The van der Waals surface area contributed by atoms with E-state index in [4.69, 9.17) is 22.1 Å². The van der Waals surface area contributed by atoms with Crippen molar-refractivity contribution < 1.29 is 14.6 Å². The van der Waals surface area contributed by atoms with Crippen molar-refractivity contribution in [3.63, 3.8) is 0 Å². The van der Waals surface area contributed by atoms with E-state index < -0.39 is 5.60 Å². The van der Waals surface area contributed by atoms with Crippen molar-refractivity contribution in [1.82, 2.24) is 9.97 Å². The number of hydrogen-bond acceptors (Lipinski definition) is 7. The van der Waals surface area contributed by atoms with Crippen LogP contribution in [0.4, 0.5) is 11.8 Å². The molecule has 1 aromatic carbocycles. The highest BCUT2D eigenvalue weighted by Crippen LogP contribution is 2.38. The third-order valence-corrected chi connectivity index (χ3v) is 5.85. The molecule has 2 heterocycles. The number of nitrogens with two attached hydrogens (primary N) is 1. The van der Waals surface area contributed by atoms with Gasteiger partial charge in [0.25, 0.3) is 0 Å². The van der Waals surface area contributed by atoms with E-state index in [2.05, 4.69) is 14.9 Å². The number of carbonyl (C=O) groups is 1. The molecule has 1 atom stereocenters. The minimum Gasteiger partial charge on any atom is -0.382 e. The average molecular weight is 417 g/mol. The number of aryl methyl sites for hydroxylation is 1. The summed E-state index contributed by atoms with van der Waals surface area (Å²) < 4.78 is 5.81. The number of carbonyl (C=O) groups excluding carboxylic acids is 1. The Morgan fingerprint density at radius 3 is 2.86 bits per heavy atom. The number of aliphatic hydroxyl groups is 1. The van der Waals surface area contributed by atoms with E-state index in [-0.39, 0.29) is 24.2 Å². The Morgan fingerprint density at radius 2 is 2.17 bits per heavy atom. The van der Waals surface area contributed by atoms with Crippen LogP contribution in [-0.4, -0.2) is 46.2 Å². The monoisotopic (exact) mass is 416 g/mol. The molecule has 3 N–H and O–H groups in total. The Hall–Kier alpha value is -2.22. The highest BCUT2D eigenvalue weighted by molar-refractivity contribution is 6.31. The van der Waals surface area contributed by atoms with E-state index in [1.54, 1.807) is 0 Å². The van der Waals surface area contributed by atoms with Crippen LogP contribution in [0.15, 0.2) is 24.3 Å². The fraction of sp³-hybridized carbons (Fsp3) is 0.476. The number of Topliss-reactive ketones (excluding diaryl/α,β-unsaturated/α-hetero) is 1. The molecule has 2 aromatic rings. The van der Waals surface area contributed by atoms with Crippen LogP contribution in [0.2, 0.25) is 5.02 Å². The van der Waals surface area contributed by atoms with Crippen LogP contribution in [0.3, 0.4) is 0 Å². The molecule has 0 spiro atoms. The zero-order valence-electron chi connectivity index (χ0n) is 16.4. The lowest BCUT2D eigenvalue weighted by Gasteiger charge is -2.31. The van der Waals surface area contributed by atoms with Crippen LogP contribution in [-0.2, 0) is 16.0 Å². The van der Waals surface area contributed by atoms with E-state index in [9.17, 15) is 9.90 Å². The van der Waals surface area contributed by atoms with E-state index >= 15 is 0 Å². The number of nitrogens with zero attached hydrogens (tertiary/aromatic N) is 3. The van der Waals surface area contributed by atoms with Crippen molar-refractivity contribution >= 4 is 29.2 Å². The van der Waals surface area contributed by atoms with Gasteiger partial charge in [0.2, 0.25) is 5.95 Å². The number of halogens is 1. The molecule has 0 radical (unpaired) electrons. The largest absolute Gasteiger partial charge is 0.382 e. The van der Waals surface area contributed by atoms with Crippen molar-refractivity contribution in [3.05, 3.63) is 46.1 Å². The van der Waals surface area contributed by atoms with Gasteiger partial charge in [-0.2, -0.15) is 4.98 Å². The molecule has 2 aliphatic rings. The fourth-order valence-corrected chi connectivity index (χ4v) is 4.06. The zero-order chi connectivity index (χ0) is 20.6. The lowest BCUT2D eigenvalue weighted by molar-refractivity contribution is -0.128. The van der Waals surface area contributed by atoms with Crippen molar-refractivity contribution in [2.45, 2.75) is 44.2 Å². The Labute approximate surface area is 174 Å². The summed E-state index contributed by atoms with van der Waals surface area (Å²) in [6.07, 6.45) is 2.15. The Kier molecular flexibility index (Phi) is 5.46. The molecule has 0 amide bonds. The molecule has 1 aromatic heterocycles. The van der Waals surface area contributed by atoms with Crippen molar-refractivity contribution in [3.8, 4) is 0 Å². The van der Waals surface area contributed by atoms with Gasteiger partial charge in [0.05, 0.1) is 12.6 Å². The standard InChI is InChI=1S/C21H25ClN4O3/c1-13-9-19(25-20(23)24-13)26-7-2-8-29-12-17(26)15-4-3-14(10-16(15)22)11-18(27)21(28)5-6-21/h3-4,9-10,17,28H,2,5-8,11-12H2,1H3,(H2,23,24,25)/t17-/m1/s1. The predicted molar refractivity (Wildman–Crippen MR) is 111 cm³/mol. The van der Waals surface area contributed by atoms with Gasteiger partial charge < -0.3 is 20.5 Å². The molecule has 1 saturated heterocycles. The van der Waals surface area contributed by atoms with E-state index in [1.165, 1.54) is 0 Å². The molecular weight excluding hydrogens is 392 g/mol. The van der Waals surface area contributed by atoms with Crippen LogP contribution < -0.4 is 10.6 Å². The predicted octanol–water partition coefficient (Wildman–Crippen LogP) is 2.63. The fourth-order valence-electron chi connectivity index (χ4n) is 3.73. The van der Waals surface area contributed by atoms with Crippen LogP contribution in [0.1, 0.15) is 42.1 Å². The van der Waals surface area contributed by atoms with Crippen LogP contribution in [0.25, 0.3) is 0 Å². The number of ketones is 1. The minimum absolute atomic E-state index is 0.129. The number of ether oxygens (including phenoxy) is 1. The first-order valence-electron chi connectivity index (χ1n) is 9.85. The molecule has 8 heteroatoms. The summed E-state index contributed by atoms with van der Waals surface area (Å²) in [6, 6.07) is 7.42. The van der Waals surface area contributed by atoms with Gasteiger partial charge in [-0.3, -0.25) is 4.79 Å². The van der Waals surface area contributed by atoms with Crippen molar-refractivity contribution in [1.29, 1.82) is 0 Å². The molecule has 7 nitrogen and oxygen atoms in total. The molecule has 1 aliphatic carbocycles. The first-order valence-corrected chi connectivity index (χ1v) is 10.2. The van der Waals surface area contributed by atoms with Gasteiger partial charge in [-0.25, -0.2) is 4.98 Å². The normalized spacial score (nSPS) is 20.9. The second-order valence-electron chi connectivity index (χ2n) is 7.85. The highest BCUT2D eigenvalue weighted by atomic mass is 35.5. The van der Waals surface area contributed by atoms with E-state index in [0.29, 0.717) is 31.1 Å². The molecule has 1 saturated carbocycles. The highest BCUT2D eigenvalue weighted by Gasteiger charge is 2.47. The molecule has 29 heavy (non-hydrogen) atoms. The Morgan fingerprint density at radius 1 is 1.38 bits per heavy atom. The number of nitrogen functional groups attached to an aromatic ring is 1. The zero-order valence-corrected chi connectivity index (χ0v) is 17.2. The van der Waals surface area contributed by atoms with Gasteiger partial charge in [-0.15, -0.1) is 0 Å². The average Bonchev–Trinajstić information content (AvgIpc) is 3.44. The van der Waals surface area contributed by atoms with Gasteiger partial charge in [0.1, 0.15) is 11.4 Å². The molecular formula is C21H25ClN4O3. The summed E-state index contributed by atoms with van der Waals surface area (Å²) in [5.41, 5.74) is 7.25. The minimum atomic E-state index is -1.12. The number of anilines is 2. The maximum atomic E-state index is 12.2. The van der Waals surface area contributed by atoms with Crippen molar-refractivity contribution in [2.75, 3.05) is 30.4 Å². The maximum absolute atomic E-state index is 12.2. The summed E-state index contributed by atoms with van der Waals surface area (Å²) in [6.45, 7) is 3.78.